The van der Waals surface area contributed by atoms with Crippen LogP contribution in [0.4, 0.5) is 5.82 Å². The molecule has 1 atom stereocenters. The van der Waals surface area contributed by atoms with Gasteiger partial charge in [-0.15, -0.1) is 0 Å². The second kappa shape index (κ2) is 8.53. The number of likely N-dealkylation sites (tertiary alicyclic amines) is 1. The van der Waals surface area contributed by atoms with E-state index in [4.69, 9.17) is 4.98 Å². The van der Waals surface area contributed by atoms with Crippen molar-refractivity contribution in [3.05, 3.63) is 23.9 Å². The zero-order valence-corrected chi connectivity index (χ0v) is 16.6. The van der Waals surface area contributed by atoms with Crippen molar-refractivity contribution in [2.24, 2.45) is 5.41 Å². The molecule has 0 aliphatic carbocycles. The van der Waals surface area contributed by atoms with E-state index in [0.29, 0.717) is 5.41 Å². The van der Waals surface area contributed by atoms with Crippen LogP contribution in [0.25, 0.3) is 0 Å². The third-order valence-corrected chi connectivity index (χ3v) is 6.59. The van der Waals surface area contributed by atoms with Gasteiger partial charge in [0.1, 0.15) is 5.82 Å². The fourth-order valence-corrected chi connectivity index (χ4v) is 5.06. The summed E-state index contributed by atoms with van der Waals surface area (Å²) in [6.45, 7) is 11.7. The lowest BCUT2D eigenvalue weighted by Gasteiger charge is -2.42. The van der Waals surface area contributed by atoms with E-state index in [9.17, 15) is 0 Å². The minimum absolute atomic E-state index is 0.603. The first-order chi connectivity index (χ1) is 12.2. The molecule has 2 saturated heterocycles. The van der Waals surface area contributed by atoms with Gasteiger partial charge in [0.15, 0.2) is 0 Å². The summed E-state index contributed by atoms with van der Waals surface area (Å²) < 4.78 is 0. The number of hydrogen-bond acceptors (Lipinski definition) is 3. The first-order valence-corrected chi connectivity index (χ1v) is 10.6. The first kappa shape index (κ1) is 18.7. The van der Waals surface area contributed by atoms with Crippen LogP contribution < -0.4 is 4.90 Å². The largest absolute Gasteiger partial charge is 0.357 e. The van der Waals surface area contributed by atoms with Crippen LogP contribution in [0.3, 0.4) is 0 Å². The van der Waals surface area contributed by atoms with Crippen molar-refractivity contribution in [3.63, 3.8) is 0 Å². The van der Waals surface area contributed by atoms with Gasteiger partial charge >= 0.3 is 0 Å². The topological polar surface area (TPSA) is 19.4 Å². The Morgan fingerprint density at radius 2 is 1.80 bits per heavy atom. The molecule has 2 aliphatic heterocycles. The molecule has 0 radical (unpaired) electrons. The Morgan fingerprint density at radius 3 is 2.32 bits per heavy atom. The summed E-state index contributed by atoms with van der Waals surface area (Å²) in [6, 6.07) is 5.28. The van der Waals surface area contributed by atoms with Crippen molar-refractivity contribution in [1.82, 2.24) is 9.88 Å². The van der Waals surface area contributed by atoms with E-state index in [1.165, 1.54) is 82.4 Å². The fraction of sp³-hybridized carbons (Fsp3) is 0.773. The third-order valence-electron chi connectivity index (χ3n) is 6.59. The lowest BCUT2D eigenvalue weighted by atomic mass is 9.72. The van der Waals surface area contributed by atoms with Crippen molar-refractivity contribution in [2.75, 3.05) is 24.5 Å². The van der Waals surface area contributed by atoms with Crippen LogP contribution in [0.5, 0.6) is 0 Å². The van der Waals surface area contributed by atoms with Gasteiger partial charge in [-0.1, -0.05) is 32.8 Å². The summed E-state index contributed by atoms with van der Waals surface area (Å²) in [4.78, 5) is 9.90. The Balaban J connectivity index is 1.56. The molecule has 0 spiro atoms. The number of anilines is 1. The Kier molecular flexibility index (Phi) is 6.38. The molecule has 0 N–H and O–H groups in total. The molecule has 3 nitrogen and oxygen atoms in total. The molecule has 0 amide bonds. The molecule has 1 aromatic heterocycles. The van der Waals surface area contributed by atoms with Crippen LogP contribution in [0.1, 0.15) is 77.7 Å². The number of hydrogen-bond donors (Lipinski definition) is 0. The molecule has 140 valence electrons. The van der Waals surface area contributed by atoms with Gasteiger partial charge in [0.2, 0.25) is 0 Å². The molecular weight excluding hydrogens is 306 g/mol. The van der Waals surface area contributed by atoms with Gasteiger partial charge in [-0.3, -0.25) is 4.90 Å². The summed E-state index contributed by atoms with van der Waals surface area (Å²) >= 11 is 0. The normalized spacial score (nSPS) is 24.0. The monoisotopic (exact) mass is 343 g/mol. The van der Waals surface area contributed by atoms with Crippen molar-refractivity contribution < 1.29 is 0 Å². The number of rotatable bonds is 7. The van der Waals surface area contributed by atoms with Gasteiger partial charge in [-0.2, -0.15) is 0 Å². The van der Waals surface area contributed by atoms with E-state index < -0.39 is 0 Å². The van der Waals surface area contributed by atoms with Gasteiger partial charge < -0.3 is 4.90 Å². The van der Waals surface area contributed by atoms with E-state index in [1.807, 2.05) is 0 Å². The maximum Gasteiger partial charge on any atom is 0.128 e. The average molecular weight is 344 g/mol. The molecular formula is C22H37N3. The van der Waals surface area contributed by atoms with Gasteiger partial charge in [0, 0.05) is 31.9 Å². The van der Waals surface area contributed by atoms with Gasteiger partial charge in [-0.25, -0.2) is 4.98 Å². The summed E-state index contributed by atoms with van der Waals surface area (Å²) in [5.74, 6) is 1.18. The first-order valence-electron chi connectivity index (χ1n) is 10.6. The highest BCUT2D eigenvalue weighted by Gasteiger charge is 2.33. The standard InChI is InChI=1S/C22H37N3/c1-4-10-22(11-5-2)12-15-24(16-13-22)21-9-8-20(17-23-21)18-25-14-6-7-19(25)3/h8-9,17,19H,4-7,10-16,18H2,1-3H3. The molecule has 0 aromatic carbocycles. The zero-order valence-electron chi connectivity index (χ0n) is 16.6. The van der Waals surface area contributed by atoms with Crippen LogP contribution in [0.2, 0.25) is 0 Å². The zero-order chi connectivity index (χ0) is 17.7. The van der Waals surface area contributed by atoms with Gasteiger partial charge in [-0.05, 0) is 69.0 Å². The summed E-state index contributed by atoms with van der Waals surface area (Å²) in [6.07, 6.45) is 12.9. The summed E-state index contributed by atoms with van der Waals surface area (Å²) in [7, 11) is 0. The Hall–Kier alpha value is -1.09. The lowest BCUT2D eigenvalue weighted by molar-refractivity contribution is 0.178. The van der Waals surface area contributed by atoms with Crippen LogP contribution in [-0.4, -0.2) is 35.6 Å². The molecule has 25 heavy (non-hydrogen) atoms. The molecule has 3 heteroatoms. The smallest absolute Gasteiger partial charge is 0.128 e. The molecule has 0 bridgehead atoms. The van der Waals surface area contributed by atoms with Crippen LogP contribution >= 0.6 is 0 Å². The molecule has 3 heterocycles. The van der Waals surface area contributed by atoms with Crippen molar-refractivity contribution in [1.29, 1.82) is 0 Å². The SMILES string of the molecule is CCCC1(CCC)CCN(c2ccc(CN3CCCC3C)cn2)CC1. The predicted molar refractivity (Wildman–Crippen MR) is 107 cm³/mol. The van der Waals surface area contributed by atoms with E-state index in [0.717, 1.165) is 12.6 Å². The second-order valence-corrected chi connectivity index (χ2v) is 8.47. The Morgan fingerprint density at radius 1 is 1.08 bits per heavy atom. The van der Waals surface area contributed by atoms with E-state index in [-0.39, 0.29) is 0 Å². The van der Waals surface area contributed by atoms with Crippen molar-refractivity contribution >= 4 is 5.82 Å². The van der Waals surface area contributed by atoms with E-state index >= 15 is 0 Å². The Labute approximate surface area is 154 Å². The van der Waals surface area contributed by atoms with E-state index in [1.54, 1.807) is 0 Å². The van der Waals surface area contributed by atoms with E-state index in [2.05, 4.69) is 48.9 Å². The summed E-state index contributed by atoms with van der Waals surface area (Å²) in [5.41, 5.74) is 1.96. The predicted octanol–water partition coefficient (Wildman–Crippen LogP) is 5.25. The highest BCUT2D eigenvalue weighted by Crippen LogP contribution is 2.41. The number of pyridine rings is 1. The maximum atomic E-state index is 4.81. The van der Waals surface area contributed by atoms with Gasteiger partial charge in [0.05, 0.1) is 0 Å². The fourth-order valence-electron chi connectivity index (χ4n) is 5.06. The minimum atomic E-state index is 0.603. The second-order valence-electron chi connectivity index (χ2n) is 8.47. The average Bonchev–Trinajstić information content (AvgIpc) is 3.02. The molecule has 1 unspecified atom stereocenters. The number of piperidine rings is 1. The van der Waals surface area contributed by atoms with Crippen LogP contribution in [0, 0.1) is 5.41 Å². The maximum absolute atomic E-state index is 4.81. The molecule has 2 aliphatic rings. The molecule has 1 aromatic rings. The van der Waals surface area contributed by atoms with Crippen molar-refractivity contribution in [3.8, 4) is 0 Å². The third kappa shape index (κ3) is 4.55. The number of aromatic nitrogens is 1. The molecule has 3 rings (SSSR count). The molecule has 0 saturated carbocycles. The lowest BCUT2D eigenvalue weighted by Crippen LogP contribution is -2.40. The highest BCUT2D eigenvalue weighted by molar-refractivity contribution is 5.40. The quantitative estimate of drug-likeness (QED) is 0.674. The highest BCUT2D eigenvalue weighted by atomic mass is 15.2. The van der Waals surface area contributed by atoms with Crippen LogP contribution in [0.15, 0.2) is 18.3 Å². The number of nitrogens with zero attached hydrogens (tertiary/aromatic N) is 3. The van der Waals surface area contributed by atoms with Gasteiger partial charge in [0.25, 0.3) is 0 Å². The minimum Gasteiger partial charge on any atom is -0.357 e. The molecule has 2 fully saturated rings. The summed E-state index contributed by atoms with van der Waals surface area (Å²) in [5, 5.41) is 0. The Bertz CT molecular complexity index is 509. The van der Waals surface area contributed by atoms with Crippen LogP contribution in [-0.2, 0) is 6.54 Å². The van der Waals surface area contributed by atoms with Crippen molar-refractivity contribution in [2.45, 2.75) is 84.7 Å².